The van der Waals surface area contributed by atoms with Crippen LogP contribution < -0.4 is 0 Å². The van der Waals surface area contributed by atoms with Crippen LogP contribution in [0.1, 0.15) is 40.5 Å². The minimum atomic E-state index is 0.577. The van der Waals surface area contributed by atoms with Crippen LogP contribution in [0, 0.1) is 11.8 Å². The predicted octanol–water partition coefficient (Wildman–Crippen LogP) is 3.42. The van der Waals surface area contributed by atoms with Gasteiger partial charge in [0.2, 0.25) is 0 Å². The molecular formula is C11H19N. The van der Waals surface area contributed by atoms with Crippen molar-refractivity contribution in [3.8, 4) is 0 Å². The highest BCUT2D eigenvalue weighted by atomic mass is 14.7. The van der Waals surface area contributed by atoms with Gasteiger partial charge in [-0.25, -0.2) is 0 Å². The van der Waals surface area contributed by atoms with Gasteiger partial charge in [-0.05, 0) is 38.5 Å². The van der Waals surface area contributed by atoms with Crippen LogP contribution in [-0.2, 0) is 0 Å². The lowest BCUT2D eigenvalue weighted by molar-refractivity contribution is 0.876. The van der Waals surface area contributed by atoms with Crippen LogP contribution in [0.25, 0.3) is 0 Å². The first-order chi connectivity index (χ1) is 5.61. The molecule has 1 rings (SSSR count). The third kappa shape index (κ3) is 2.80. The summed E-state index contributed by atoms with van der Waals surface area (Å²) in [6.45, 7) is 8.65. The summed E-state index contributed by atoms with van der Waals surface area (Å²) in [6.07, 6.45) is 4.80. The molecule has 0 aliphatic heterocycles. The van der Waals surface area contributed by atoms with E-state index in [4.69, 9.17) is 0 Å². The maximum atomic E-state index is 4.44. The fourth-order valence-corrected chi connectivity index (χ4v) is 0.997. The maximum Gasteiger partial charge on any atom is 0.0259 e. The van der Waals surface area contributed by atoms with E-state index < -0.39 is 0 Å². The maximum absolute atomic E-state index is 4.44. The van der Waals surface area contributed by atoms with Gasteiger partial charge in [0, 0.05) is 11.9 Å². The Hall–Kier alpha value is -0.590. The Morgan fingerprint density at radius 2 is 1.92 bits per heavy atom. The van der Waals surface area contributed by atoms with Crippen molar-refractivity contribution in [2.75, 3.05) is 0 Å². The first-order valence-electron chi connectivity index (χ1n) is 4.82. The van der Waals surface area contributed by atoms with E-state index in [1.54, 1.807) is 0 Å². The molecule has 0 aromatic carbocycles. The second-order valence-corrected chi connectivity index (χ2v) is 4.07. The topological polar surface area (TPSA) is 12.4 Å². The Kier molecular flexibility index (Phi) is 3.07. The Labute approximate surface area is 75.6 Å². The van der Waals surface area contributed by atoms with Crippen LogP contribution in [0.5, 0.6) is 0 Å². The zero-order chi connectivity index (χ0) is 9.14. The summed E-state index contributed by atoms with van der Waals surface area (Å²) in [5.41, 5.74) is 2.69. The number of aliphatic imine (C=N–C) groups is 1. The molecule has 0 atom stereocenters. The molecule has 1 aliphatic carbocycles. The molecule has 1 nitrogen and oxygen atoms in total. The average molecular weight is 165 g/mol. The van der Waals surface area contributed by atoms with Gasteiger partial charge in [-0.2, -0.15) is 0 Å². The van der Waals surface area contributed by atoms with Gasteiger partial charge in [0.1, 0.15) is 0 Å². The van der Waals surface area contributed by atoms with Crippen molar-refractivity contribution in [3.63, 3.8) is 0 Å². The fourth-order valence-electron chi connectivity index (χ4n) is 0.997. The number of hydrogen-bond donors (Lipinski definition) is 0. The second kappa shape index (κ2) is 3.88. The van der Waals surface area contributed by atoms with E-state index in [9.17, 15) is 0 Å². The molecular weight excluding hydrogens is 146 g/mol. The minimum Gasteiger partial charge on any atom is -0.266 e. The van der Waals surface area contributed by atoms with Crippen LogP contribution in [0.2, 0.25) is 0 Å². The summed E-state index contributed by atoms with van der Waals surface area (Å²) < 4.78 is 0. The third-order valence-electron chi connectivity index (χ3n) is 2.53. The minimum absolute atomic E-state index is 0.577. The Morgan fingerprint density at radius 3 is 2.33 bits per heavy atom. The highest BCUT2D eigenvalue weighted by Gasteiger charge is 2.22. The summed E-state index contributed by atoms with van der Waals surface area (Å²) >= 11 is 0. The molecule has 0 spiro atoms. The van der Waals surface area contributed by atoms with E-state index in [1.165, 1.54) is 24.1 Å². The van der Waals surface area contributed by atoms with Gasteiger partial charge in [-0.3, -0.25) is 4.99 Å². The third-order valence-corrected chi connectivity index (χ3v) is 2.53. The lowest BCUT2D eigenvalue weighted by Crippen LogP contribution is -2.00. The van der Waals surface area contributed by atoms with Crippen molar-refractivity contribution >= 4 is 5.71 Å². The lowest BCUT2D eigenvalue weighted by Gasteiger charge is -2.01. The van der Waals surface area contributed by atoms with Crippen LogP contribution in [0.15, 0.2) is 16.8 Å². The first kappa shape index (κ1) is 9.50. The molecule has 0 bridgehead atoms. The van der Waals surface area contributed by atoms with Gasteiger partial charge in [0.05, 0.1) is 0 Å². The quantitative estimate of drug-likeness (QED) is 0.568. The van der Waals surface area contributed by atoms with E-state index in [2.05, 4.69) is 32.7 Å². The fraction of sp³-hybridized carbons (Fsp3) is 0.727. The Bertz CT molecular complexity index is 191. The SMILES string of the molecule is CC(=N/C=C(\C)C1CC1)C(C)C. The summed E-state index contributed by atoms with van der Waals surface area (Å²) in [6, 6.07) is 0. The molecule has 0 unspecified atom stereocenters. The molecule has 0 amide bonds. The van der Waals surface area contributed by atoms with Gasteiger partial charge < -0.3 is 0 Å². The largest absolute Gasteiger partial charge is 0.266 e. The van der Waals surface area contributed by atoms with E-state index in [-0.39, 0.29) is 0 Å². The zero-order valence-corrected chi connectivity index (χ0v) is 8.59. The highest BCUT2D eigenvalue weighted by Crippen LogP contribution is 2.35. The van der Waals surface area contributed by atoms with Crippen LogP contribution in [-0.4, -0.2) is 5.71 Å². The molecule has 1 saturated carbocycles. The van der Waals surface area contributed by atoms with E-state index in [0.29, 0.717) is 5.92 Å². The van der Waals surface area contributed by atoms with Crippen LogP contribution in [0.4, 0.5) is 0 Å². The second-order valence-electron chi connectivity index (χ2n) is 4.07. The van der Waals surface area contributed by atoms with Crippen LogP contribution >= 0.6 is 0 Å². The summed E-state index contributed by atoms with van der Waals surface area (Å²) in [4.78, 5) is 4.44. The molecule has 0 radical (unpaired) electrons. The van der Waals surface area contributed by atoms with Gasteiger partial charge in [-0.15, -0.1) is 0 Å². The number of allylic oxidation sites excluding steroid dienone is 1. The lowest BCUT2D eigenvalue weighted by atomic mass is 10.1. The number of nitrogens with zero attached hydrogens (tertiary/aromatic N) is 1. The van der Waals surface area contributed by atoms with E-state index >= 15 is 0 Å². The molecule has 12 heavy (non-hydrogen) atoms. The summed E-state index contributed by atoms with van der Waals surface area (Å²) in [5.74, 6) is 1.43. The van der Waals surface area contributed by atoms with Crippen molar-refractivity contribution in [1.82, 2.24) is 0 Å². The molecule has 0 aromatic heterocycles. The smallest absolute Gasteiger partial charge is 0.0259 e. The van der Waals surface area contributed by atoms with Gasteiger partial charge in [-0.1, -0.05) is 19.4 Å². The molecule has 0 aromatic rings. The summed E-state index contributed by atoms with van der Waals surface area (Å²) in [7, 11) is 0. The molecule has 0 saturated heterocycles. The van der Waals surface area contributed by atoms with Crippen molar-refractivity contribution < 1.29 is 0 Å². The Balaban J connectivity index is 2.49. The molecule has 1 aliphatic rings. The average Bonchev–Trinajstić information content (AvgIpc) is 2.81. The van der Waals surface area contributed by atoms with E-state index in [1.807, 2.05) is 6.20 Å². The highest BCUT2D eigenvalue weighted by molar-refractivity contribution is 5.84. The van der Waals surface area contributed by atoms with Crippen LogP contribution in [0.3, 0.4) is 0 Å². The normalized spacial score (nSPS) is 20.4. The Morgan fingerprint density at radius 1 is 1.33 bits per heavy atom. The molecule has 0 heterocycles. The number of rotatable bonds is 3. The van der Waals surface area contributed by atoms with E-state index in [0.717, 1.165) is 5.92 Å². The summed E-state index contributed by atoms with van der Waals surface area (Å²) in [5, 5.41) is 0. The van der Waals surface area contributed by atoms with Gasteiger partial charge in [0.25, 0.3) is 0 Å². The predicted molar refractivity (Wildman–Crippen MR) is 54.4 cm³/mol. The standard InChI is InChI=1S/C11H19N/c1-8(2)10(4)12-7-9(3)11-5-6-11/h7-8,11H,5-6H2,1-4H3/b9-7+,12-10?. The van der Waals surface area contributed by atoms with Gasteiger partial charge in [0.15, 0.2) is 0 Å². The monoisotopic (exact) mass is 165 g/mol. The van der Waals surface area contributed by atoms with Crippen molar-refractivity contribution in [1.29, 1.82) is 0 Å². The van der Waals surface area contributed by atoms with Crippen molar-refractivity contribution in [2.45, 2.75) is 40.5 Å². The number of hydrogen-bond acceptors (Lipinski definition) is 1. The molecule has 0 N–H and O–H groups in total. The molecule has 1 fully saturated rings. The van der Waals surface area contributed by atoms with Crippen molar-refractivity contribution in [2.24, 2.45) is 16.8 Å². The first-order valence-corrected chi connectivity index (χ1v) is 4.82. The molecule has 68 valence electrons. The van der Waals surface area contributed by atoms with Gasteiger partial charge >= 0.3 is 0 Å². The molecule has 1 heteroatoms. The van der Waals surface area contributed by atoms with Crippen molar-refractivity contribution in [3.05, 3.63) is 11.8 Å². The zero-order valence-electron chi connectivity index (χ0n) is 8.59.